The average molecular weight is 164 g/mol. The SMILES string of the molecule is CN(C)/C(N)=N\C(N)=N/Cl. The monoisotopic (exact) mass is 163 g/mol. The van der Waals surface area contributed by atoms with Crippen molar-refractivity contribution in [2.45, 2.75) is 0 Å². The normalized spacial score (nSPS) is 13.5. The maximum absolute atomic E-state index is 5.35. The smallest absolute Gasteiger partial charge is 0.235 e. The van der Waals surface area contributed by atoms with Crippen LogP contribution in [0.1, 0.15) is 0 Å². The molecule has 0 aromatic rings. The van der Waals surface area contributed by atoms with Crippen LogP contribution in [0.5, 0.6) is 0 Å². The number of rotatable bonds is 0. The van der Waals surface area contributed by atoms with Gasteiger partial charge in [-0.1, -0.05) is 0 Å². The Hall–Kier alpha value is -0.970. The van der Waals surface area contributed by atoms with Gasteiger partial charge in [-0.2, -0.15) is 4.99 Å². The van der Waals surface area contributed by atoms with Gasteiger partial charge in [-0.15, -0.1) is 4.51 Å². The maximum atomic E-state index is 5.35. The number of guanidine groups is 2. The molecule has 0 aliphatic rings. The predicted octanol–water partition coefficient (Wildman–Crippen LogP) is -0.669. The summed E-state index contributed by atoms with van der Waals surface area (Å²) in [7, 11) is 3.47. The van der Waals surface area contributed by atoms with E-state index in [4.69, 9.17) is 23.2 Å². The van der Waals surface area contributed by atoms with Crippen molar-refractivity contribution in [2.75, 3.05) is 14.1 Å². The van der Waals surface area contributed by atoms with E-state index in [0.29, 0.717) is 0 Å². The molecule has 5 nitrogen and oxygen atoms in total. The molecule has 0 saturated heterocycles. The Labute approximate surface area is 64.5 Å². The van der Waals surface area contributed by atoms with Crippen LogP contribution in [0.4, 0.5) is 0 Å². The molecule has 0 aromatic heterocycles. The summed E-state index contributed by atoms with van der Waals surface area (Å²) in [6, 6.07) is 0. The molecule has 0 bridgehead atoms. The van der Waals surface area contributed by atoms with Crippen LogP contribution >= 0.6 is 11.8 Å². The summed E-state index contributed by atoms with van der Waals surface area (Å²) in [6.45, 7) is 0. The van der Waals surface area contributed by atoms with Crippen LogP contribution in [0.25, 0.3) is 0 Å². The van der Waals surface area contributed by atoms with E-state index in [1.54, 1.807) is 19.0 Å². The molecular formula is C4H10ClN5. The maximum Gasteiger partial charge on any atom is 0.235 e. The lowest BCUT2D eigenvalue weighted by Gasteiger charge is -2.08. The van der Waals surface area contributed by atoms with Gasteiger partial charge in [0.2, 0.25) is 5.96 Å². The van der Waals surface area contributed by atoms with Crippen molar-refractivity contribution in [3.05, 3.63) is 0 Å². The van der Waals surface area contributed by atoms with E-state index in [2.05, 4.69) is 9.50 Å². The Balaban J connectivity index is 4.17. The van der Waals surface area contributed by atoms with E-state index >= 15 is 0 Å². The lowest BCUT2D eigenvalue weighted by Crippen LogP contribution is -2.32. The van der Waals surface area contributed by atoms with E-state index < -0.39 is 0 Å². The van der Waals surface area contributed by atoms with Gasteiger partial charge in [0, 0.05) is 25.9 Å². The molecule has 0 spiro atoms. The highest BCUT2D eigenvalue weighted by Crippen LogP contribution is 1.80. The number of nitrogens with zero attached hydrogens (tertiary/aromatic N) is 3. The summed E-state index contributed by atoms with van der Waals surface area (Å²) >= 11 is 4.98. The van der Waals surface area contributed by atoms with E-state index in [0.717, 1.165) is 0 Å². The molecule has 10 heavy (non-hydrogen) atoms. The van der Waals surface area contributed by atoms with Crippen LogP contribution in [-0.2, 0) is 0 Å². The molecule has 0 aliphatic heterocycles. The predicted molar refractivity (Wildman–Crippen MR) is 42.8 cm³/mol. The summed E-state index contributed by atoms with van der Waals surface area (Å²) in [5.41, 5.74) is 10.5. The van der Waals surface area contributed by atoms with Gasteiger partial charge in [0.25, 0.3) is 0 Å². The minimum absolute atomic E-state index is 0.0483. The number of nitrogens with two attached hydrogens (primary N) is 2. The number of hydrogen-bond acceptors (Lipinski definition) is 1. The van der Waals surface area contributed by atoms with Gasteiger partial charge < -0.3 is 16.4 Å². The molecule has 4 N–H and O–H groups in total. The zero-order valence-electron chi connectivity index (χ0n) is 5.87. The molecule has 0 fully saturated rings. The van der Waals surface area contributed by atoms with Gasteiger partial charge in [0.1, 0.15) is 0 Å². The molecular weight excluding hydrogens is 154 g/mol. The molecule has 0 rings (SSSR count). The van der Waals surface area contributed by atoms with Crippen LogP contribution < -0.4 is 11.5 Å². The topological polar surface area (TPSA) is 80.0 Å². The third kappa shape index (κ3) is 3.13. The highest BCUT2D eigenvalue weighted by molar-refractivity contribution is 6.20. The van der Waals surface area contributed by atoms with E-state index in [9.17, 15) is 0 Å². The van der Waals surface area contributed by atoms with Gasteiger partial charge in [-0.3, -0.25) is 0 Å². The fourth-order valence-corrected chi connectivity index (χ4v) is 0.274. The van der Waals surface area contributed by atoms with E-state index in [1.807, 2.05) is 0 Å². The van der Waals surface area contributed by atoms with Gasteiger partial charge in [-0.25, -0.2) is 0 Å². The summed E-state index contributed by atoms with van der Waals surface area (Å²) < 4.78 is 3.08. The van der Waals surface area contributed by atoms with Crippen LogP contribution in [-0.4, -0.2) is 30.9 Å². The Morgan fingerprint density at radius 1 is 1.40 bits per heavy atom. The van der Waals surface area contributed by atoms with Crippen LogP contribution in [0, 0.1) is 0 Å². The van der Waals surface area contributed by atoms with Crippen LogP contribution in [0.15, 0.2) is 9.50 Å². The van der Waals surface area contributed by atoms with Crippen molar-refractivity contribution in [1.29, 1.82) is 0 Å². The zero-order valence-corrected chi connectivity index (χ0v) is 6.63. The highest BCUT2D eigenvalue weighted by Gasteiger charge is 1.93. The van der Waals surface area contributed by atoms with Crippen molar-refractivity contribution < 1.29 is 0 Å². The Bertz CT molecular complexity index is 161. The third-order valence-electron chi connectivity index (χ3n) is 0.774. The molecule has 58 valence electrons. The molecule has 0 unspecified atom stereocenters. The second-order valence-corrected chi connectivity index (χ2v) is 1.98. The van der Waals surface area contributed by atoms with Gasteiger partial charge in [-0.05, 0) is 0 Å². The van der Waals surface area contributed by atoms with Gasteiger partial charge >= 0.3 is 0 Å². The molecule has 0 aliphatic carbocycles. The summed E-state index contributed by atoms with van der Waals surface area (Å²) in [5, 5.41) is 0. The fraction of sp³-hybridized carbons (Fsp3) is 0.500. The van der Waals surface area contributed by atoms with E-state index in [-0.39, 0.29) is 11.9 Å². The molecule has 0 radical (unpaired) electrons. The second kappa shape index (κ2) is 3.94. The Kier molecular flexibility index (Phi) is 3.56. The molecule has 0 saturated carbocycles. The van der Waals surface area contributed by atoms with Crippen molar-refractivity contribution in [3.8, 4) is 0 Å². The zero-order chi connectivity index (χ0) is 8.15. The van der Waals surface area contributed by atoms with Gasteiger partial charge in [0.15, 0.2) is 5.96 Å². The quantitative estimate of drug-likeness (QED) is 0.367. The van der Waals surface area contributed by atoms with Crippen LogP contribution in [0.2, 0.25) is 0 Å². The van der Waals surface area contributed by atoms with Crippen molar-refractivity contribution in [1.82, 2.24) is 4.90 Å². The molecule has 0 aromatic carbocycles. The van der Waals surface area contributed by atoms with Crippen LogP contribution in [0.3, 0.4) is 0 Å². The highest BCUT2D eigenvalue weighted by atomic mass is 35.5. The first kappa shape index (κ1) is 9.03. The Morgan fingerprint density at radius 2 is 1.90 bits per heavy atom. The summed E-state index contributed by atoms with van der Waals surface area (Å²) in [4.78, 5) is 5.20. The lowest BCUT2D eigenvalue weighted by atomic mass is 10.8. The molecule has 0 atom stereocenters. The standard InChI is InChI=1S/C4H10ClN5/c1-10(2)4(7)8-3(6)9-5/h1-2H3,(H4,6,7,8,9). The fourth-order valence-electron chi connectivity index (χ4n) is 0.236. The first-order valence-electron chi connectivity index (χ1n) is 2.54. The third-order valence-corrected chi connectivity index (χ3v) is 0.947. The summed E-state index contributed by atoms with van der Waals surface area (Å²) in [6.07, 6.45) is 0. The number of aliphatic imine (C=N–C) groups is 1. The van der Waals surface area contributed by atoms with Gasteiger partial charge in [0.05, 0.1) is 0 Å². The largest absolute Gasteiger partial charge is 0.369 e. The van der Waals surface area contributed by atoms with Crippen molar-refractivity contribution >= 4 is 23.7 Å². The van der Waals surface area contributed by atoms with Crippen molar-refractivity contribution in [2.24, 2.45) is 21.0 Å². The first-order chi connectivity index (χ1) is 4.57. The minimum atomic E-state index is -0.0483. The average Bonchev–Trinajstić information content (AvgIpc) is 1.87. The first-order valence-corrected chi connectivity index (χ1v) is 2.87. The Morgan fingerprint density at radius 3 is 2.20 bits per heavy atom. The van der Waals surface area contributed by atoms with E-state index in [1.165, 1.54) is 0 Å². The number of halogens is 1. The number of hydrogen-bond donors (Lipinski definition) is 2. The van der Waals surface area contributed by atoms with Crippen molar-refractivity contribution in [3.63, 3.8) is 0 Å². The summed E-state index contributed by atoms with van der Waals surface area (Å²) in [5.74, 6) is 0.217. The minimum Gasteiger partial charge on any atom is -0.369 e. The second-order valence-electron chi connectivity index (χ2n) is 1.81. The lowest BCUT2D eigenvalue weighted by molar-refractivity contribution is 0.615. The molecule has 0 heterocycles. The molecule has 0 amide bonds. The molecule has 6 heteroatoms.